The smallest absolute Gasteiger partial charge is 0.211 e. The van der Waals surface area contributed by atoms with Crippen molar-refractivity contribution < 1.29 is 4.57 Å². The van der Waals surface area contributed by atoms with E-state index in [1.165, 1.54) is 56.3 Å². The van der Waals surface area contributed by atoms with E-state index in [1.54, 1.807) is 0 Å². The molecule has 228 valence electrons. The van der Waals surface area contributed by atoms with E-state index in [2.05, 4.69) is 132 Å². The number of hydrogen-bond donors (Lipinski definition) is 0. The third-order valence-corrected chi connectivity index (χ3v) is 11.6. The molecular weight excluding hydrogens is 571 g/mol. The number of nitrogens with zero attached hydrogens (tertiary/aromatic N) is 3. The molecule has 0 saturated carbocycles. The molecule has 3 aromatic heterocycles. The molecule has 3 aromatic carbocycles. The van der Waals surface area contributed by atoms with E-state index in [0.29, 0.717) is 5.92 Å². The van der Waals surface area contributed by atoms with Crippen molar-refractivity contribution in [2.24, 2.45) is 0 Å². The number of pyridine rings is 3. The van der Waals surface area contributed by atoms with Crippen LogP contribution in [0.1, 0.15) is 124 Å². The van der Waals surface area contributed by atoms with Crippen LogP contribution >= 0.6 is 0 Å². The van der Waals surface area contributed by atoms with E-state index < -0.39 is 0 Å². The van der Waals surface area contributed by atoms with Gasteiger partial charge in [0.2, 0.25) is 5.69 Å². The van der Waals surface area contributed by atoms with Crippen LogP contribution in [0.15, 0.2) is 127 Å². The summed E-state index contributed by atoms with van der Waals surface area (Å²) < 4.78 is 2.62. The molecule has 3 heteroatoms. The largest absolute Gasteiger partial charge is 0.256 e. The summed E-state index contributed by atoms with van der Waals surface area (Å²) in [5.74, 6) is 0.965. The molecule has 0 aliphatic carbocycles. The second-order valence-corrected chi connectivity index (χ2v) is 14.2. The quantitative estimate of drug-likeness (QED) is 0.161. The van der Waals surface area contributed by atoms with Crippen molar-refractivity contribution >= 4 is 0 Å². The van der Waals surface area contributed by atoms with E-state index in [0.717, 1.165) is 49.9 Å². The molecule has 0 saturated heterocycles. The zero-order chi connectivity index (χ0) is 30.9. The van der Waals surface area contributed by atoms with Crippen molar-refractivity contribution in [2.75, 3.05) is 0 Å². The Bertz CT molecular complexity index is 2160. The Morgan fingerprint density at radius 3 is 1.55 bits per heavy atom. The van der Waals surface area contributed by atoms with Gasteiger partial charge in [0.25, 0.3) is 0 Å². The lowest BCUT2D eigenvalue weighted by atomic mass is 9.79. The second-order valence-electron chi connectivity index (χ2n) is 14.2. The fraction of sp³-hybridized carbons (Fsp3) is 0.250. The van der Waals surface area contributed by atoms with Gasteiger partial charge in [0.1, 0.15) is 0 Å². The molecule has 18 bridgehead atoms. The van der Waals surface area contributed by atoms with Gasteiger partial charge in [-0.25, -0.2) is 0 Å². The van der Waals surface area contributed by atoms with Gasteiger partial charge in [-0.15, -0.1) is 0 Å². The SMILES string of the molecule is c1cc2cc(c1)C1CCC3c4cccc(n4)C4CCC(c5cccc1c5)c1cccc(c1)-[n+]1c(cccc13)C(CC2)c1cccc4n1. The fourth-order valence-electron chi connectivity index (χ4n) is 9.31. The Labute approximate surface area is 277 Å². The number of rotatable bonds is 0. The monoisotopic (exact) mass is 608 g/mol. The lowest BCUT2D eigenvalue weighted by Gasteiger charge is -2.26. The van der Waals surface area contributed by atoms with Crippen LogP contribution in [0.4, 0.5) is 0 Å². The van der Waals surface area contributed by atoms with E-state index >= 15 is 0 Å². The number of aromatic nitrogens is 3. The van der Waals surface area contributed by atoms with Crippen molar-refractivity contribution in [3.63, 3.8) is 0 Å². The van der Waals surface area contributed by atoms with Crippen molar-refractivity contribution in [2.45, 2.75) is 68.1 Å². The Balaban J connectivity index is 1.41. The van der Waals surface area contributed by atoms with Crippen LogP contribution in [-0.4, -0.2) is 9.97 Å². The minimum atomic E-state index is 0.122. The molecule has 5 unspecified atom stereocenters. The maximum absolute atomic E-state index is 5.60. The summed E-state index contributed by atoms with van der Waals surface area (Å²) in [7, 11) is 0. The van der Waals surface area contributed by atoms with Crippen LogP contribution < -0.4 is 4.57 Å². The summed E-state index contributed by atoms with van der Waals surface area (Å²) in [6.07, 6.45) is 6.03. The Morgan fingerprint density at radius 1 is 0.404 bits per heavy atom. The topological polar surface area (TPSA) is 29.7 Å². The van der Waals surface area contributed by atoms with Crippen LogP contribution in [0, 0.1) is 0 Å². The van der Waals surface area contributed by atoms with Crippen LogP contribution in [0.2, 0.25) is 0 Å². The minimum absolute atomic E-state index is 0.122. The first-order valence-electron chi connectivity index (χ1n) is 17.5. The van der Waals surface area contributed by atoms with E-state index in [9.17, 15) is 0 Å². The summed E-state index contributed by atoms with van der Waals surface area (Å²) >= 11 is 0. The lowest BCUT2D eigenvalue weighted by Crippen LogP contribution is -2.43. The van der Waals surface area contributed by atoms with Crippen LogP contribution in [-0.2, 0) is 6.42 Å². The molecule has 0 radical (unpaired) electrons. The predicted molar refractivity (Wildman–Crippen MR) is 185 cm³/mol. The highest BCUT2D eigenvalue weighted by molar-refractivity contribution is 5.44. The lowest BCUT2D eigenvalue weighted by molar-refractivity contribution is -0.615. The summed E-state index contributed by atoms with van der Waals surface area (Å²) in [6, 6.07) is 49.3. The second kappa shape index (κ2) is 10.8. The van der Waals surface area contributed by atoms with Gasteiger partial charge in [-0.2, -0.15) is 4.57 Å². The number of hydrogen-bond acceptors (Lipinski definition) is 2. The summed E-state index contributed by atoms with van der Waals surface area (Å²) in [4.78, 5) is 11.2. The molecular formula is C44H38N3+. The van der Waals surface area contributed by atoms with E-state index in [1.807, 2.05) is 0 Å². The molecule has 5 aliphatic heterocycles. The standard InChI is InChI=1S/C44H38N3/c1-7-28-19-20-37-41-15-4-13-39(45-41)36-23-21-35-31-10-2-9-30(26-31)34(29(8-1)25-28)22-24-38(42-16-5-14-40(36)46-42)44-18-6-17-43(37)47(44)33-12-3-11-32(35)27-33/h1-18,25-27,34-38H,19-24H2/q+1. The van der Waals surface area contributed by atoms with Gasteiger partial charge < -0.3 is 0 Å². The van der Waals surface area contributed by atoms with Gasteiger partial charge >= 0.3 is 0 Å². The van der Waals surface area contributed by atoms with Gasteiger partial charge in [0.05, 0.1) is 23.2 Å². The molecule has 0 amide bonds. The van der Waals surface area contributed by atoms with Gasteiger partial charge in [0.15, 0.2) is 11.4 Å². The third kappa shape index (κ3) is 4.51. The van der Waals surface area contributed by atoms with Crippen molar-refractivity contribution in [1.82, 2.24) is 9.97 Å². The molecule has 11 rings (SSSR count). The van der Waals surface area contributed by atoms with Gasteiger partial charge in [-0.1, -0.05) is 72.8 Å². The highest BCUT2D eigenvalue weighted by Crippen LogP contribution is 2.43. The molecule has 8 heterocycles. The summed E-state index contributed by atoms with van der Waals surface area (Å²) in [6.45, 7) is 0. The summed E-state index contributed by atoms with van der Waals surface area (Å²) in [5.41, 5.74) is 15.6. The fourth-order valence-corrected chi connectivity index (χ4v) is 9.31. The highest BCUT2D eigenvalue weighted by Gasteiger charge is 2.37. The van der Waals surface area contributed by atoms with E-state index in [-0.39, 0.29) is 23.7 Å². The predicted octanol–water partition coefficient (Wildman–Crippen LogP) is 9.26. The zero-order valence-electron chi connectivity index (χ0n) is 26.6. The van der Waals surface area contributed by atoms with Crippen molar-refractivity contribution in [1.29, 1.82) is 0 Å². The van der Waals surface area contributed by atoms with Gasteiger partial charge in [-0.05, 0) is 96.7 Å². The van der Waals surface area contributed by atoms with Crippen LogP contribution in [0.3, 0.4) is 0 Å². The van der Waals surface area contributed by atoms with Gasteiger partial charge in [0, 0.05) is 53.4 Å². The first-order valence-corrected chi connectivity index (χ1v) is 17.5. The molecule has 0 spiro atoms. The Hall–Kier alpha value is -4.89. The average molecular weight is 609 g/mol. The maximum atomic E-state index is 5.60. The first-order chi connectivity index (χ1) is 23.3. The zero-order valence-corrected chi connectivity index (χ0v) is 26.6. The average Bonchev–Trinajstić information content (AvgIpc) is 3.12. The molecule has 0 fully saturated rings. The Morgan fingerprint density at radius 2 is 0.872 bits per heavy atom. The molecule has 5 aliphatic rings. The molecule has 3 nitrogen and oxygen atoms in total. The highest BCUT2D eigenvalue weighted by atomic mass is 15.0. The number of benzene rings is 3. The molecule has 5 atom stereocenters. The molecule has 6 aromatic rings. The van der Waals surface area contributed by atoms with Crippen LogP contribution in [0.25, 0.3) is 5.69 Å². The van der Waals surface area contributed by atoms with Gasteiger partial charge in [-0.3, -0.25) is 9.97 Å². The normalized spacial score (nSPS) is 23.4. The Kier molecular flexibility index (Phi) is 6.28. The first kappa shape index (κ1) is 27.2. The minimum Gasteiger partial charge on any atom is -0.256 e. The number of aryl methyl sites for hydroxylation is 1. The summed E-state index contributed by atoms with van der Waals surface area (Å²) in [5, 5.41) is 0. The molecule has 0 N–H and O–H groups in total. The maximum Gasteiger partial charge on any atom is 0.211 e. The van der Waals surface area contributed by atoms with Crippen LogP contribution in [0.5, 0.6) is 0 Å². The van der Waals surface area contributed by atoms with Crippen molar-refractivity contribution in [3.8, 4) is 5.69 Å². The number of fused-ring (bicyclic) bond motifs is 9. The third-order valence-electron chi connectivity index (χ3n) is 11.6. The van der Waals surface area contributed by atoms with Crippen molar-refractivity contribution in [3.05, 3.63) is 189 Å². The van der Waals surface area contributed by atoms with E-state index in [4.69, 9.17) is 9.97 Å². The molecule has 47 heavy (non-hydrogen) atoms.